The van der Waals surface area contributed by atoms with Gasteiger partial charge in [0.15, 0.2) is 0 Å². The van der Waals surface area contributed by atoms with E-state index in [0.717, 1.165) is 37.3 Å². The first-order chi connectivity index (χ1) is 11.7. The van der Waals surface area contributed by atoms with Crippen LogP contribution in [0.4, 0.5) is 4.39 Å². The third-order valence-electron chi connectivity index (χ3n) is 4.41. The number of halogens is 1. The smallest absolute Gasteiger partial charge is 0.251 e. The molecule has 2 aromatic carbocycles. The quantitative estimate of drug-likeness (QED) is 0.906. The molecule has 2 N–H and O–H groups in total. The van der Waals surface area contributed by atoms with Crippen LogP contribution in [0.3, 0.4) is 0 Å². The Hall–Kier alpha value is -2.24. The van der Waals surface area contributed by atoms with E-state index in [9.17, 15) is 9.18 Å². The molecule has 0 radical (unpaired) electrons. The first-order valence-corrected chi connectivity index (χ1v) is 8.18. The van der Waals surface area contributed by atoms with Crippen LogP contribution >= 0.6 is 0 Å². The first kappa shape index (κ1) is 16.6. The number of amides is 1. The molecular weight excluding hydrogens is 305 g/mol. The van der Waals surface area contributed by atoms with E-state index >= 15 is 0 Å². The summed E-state index contributed by atoms with van der Waals surface area (Å²) >= 11 is 0. The zero-order chi connectivity index (χ0) is 16.9. The van der Waals surface area contributed by atoms with Crippen molar-refractivity contribution in [2.45, 2.75) is 12.6 Å². The molecule has 0 aliphatic carbocycles. The van der Waals surface area contributed by atoms with Crippen molar-refractivity contribution in [2.24, 2.45) is 0 Å². The van der Waals surface area contributed by atoms with Crippen molar-refractivity contribution in [2.75, 3.05) is 26.7 Å². The lowest BCUT2D eigenvalue weighted by atomic mass is 10.00. The van der Waals surface area contributed by atoms with Gasteiger partial charge in [-0.2, -0.15) is 0 Å². The average molecular weight is 327 g/mol. The SMILES string of the molecule is CNC(=O)c1cccc([C@@H]2CNCCN2Cc2ccc(F)cc2)c1. The van der Waals surface area contributed by atoms with Crippen LogP contribution in [0.1, 0.15) is 27.5 Å². The van der Waals surface area contributed by atoms with Crippen LogP contribution in [-0.4, -0.2) is 37.5 Å². The molecule has 0 unspecified atom stereocenters. The molecule has 0 bridgehead atoms. The number of rotatable bonds is 4. The van der Waals surface area contributed by atoms with Crippen molar-refractivity contribution in [3.63, 3.8) is 0 Å². The minimum atomic E-state index is -0.214. The molecular formula is C19H22FN3O. The minimum absolute atomic E-state index is 0.0781. The Balaban J connectivity index is 1.81. The molecule has 1 amide bonds. The summed E-state index contributed by atoms with van der Waals surface area (Å²) in [5.41, 5.74) is 2.87. The second-order valence-electron chi connectivity index (χ2n) is 6.02. The fraction of sp³-hybridized carbons (Fsp3) is 0.316. The second kappa shape index (κ2) is 7.55. The monoisotopic (exact) mass is 327 g/mol. The summed E-state index contributed by atoms with van der Waals surface area (Å²) in [6, 6.07) is 14.6. The molecule has 24 heavy (non-hydrogen) atoms. The Morgan fingerprint density at radius 2 is 2.08 bits per heavy atom. The number of piperazine rings is 1. The highest BCUT2D eigenvalue weighted by Gasteiger charge is 2.24. The predicted octanol–water partition coefficient (Wildman–Crippen LogP) is 2.33. The van der Waals surface area contributed by atoms with Gasteiger partial charge in [-0.3, -0.25) is 9.69 Å². The Bertz CT molecular complexity index is 702. The Kier molecular flexibility index (Phi) is 5.23. The van der Waals surface area contributed by atoms with E-state index in [1.807, 2.05) is 30.3 Å². The Labute approximate surface area is 141 Å². The molecule has 5 heteroatoms. The molecule has 1 atom stereocenters. The van der Waals surface area contributed by atoms with Crippen LogP contribution in [0, 0.1) is 5.82 Å². The van der Waals surface area contributed by atoms with E-state index in [0.29, 0.717) is 5.56 Å². The summed E-state index contributed by atoms with van der Waals surface area (Å²) in [6.07, 6.45) is 0. The van der Waals surface area contributed by atoms with Gasteiger partial charge in [-0.25, -0.2) is 4.39 Å². The van der Waals surface area contributed by atoms with E-state index in [-0.39, 0.29) is 17.8 Å². The van der Waals surface area contributed by atoms with Gasteiger partial charge in [0, 0.05) is 44.8 Å². The molecule has 0 spiro atoms. The van der Waals surface area contributed by atoms with Crippen molar-refractivity contribution >= 4 is 5.91 Å². The van der Waals surface area contributed by atoms with Gasteiger partial charge in [-0.15, -0.1) is 0 Å². The summed E-state index contributed by atoms with van der Waals surface area (Å²) in [5.74, 6) is -0.292. The van der Waals surface area contributed by atoms with Crippen molar-refractivity contribution in [1.82, 2.24) is 15.5 Å². The van der Waals surface area contributed by atoms with E-state index < -0.39 is 0 Å². The van der Waals surface area contributed by atoms with E-state index in [2.05, 4.69) is 21.6 Å². The highest BCUT2D eigenvalue weighted by molar-refractivity contribution is 5.94. The van der Waals surface area contributed by atoms with Crippen LogP contribution in [0.5, 0.6) is 0 Å². The van der Waals surface area contributed by atoms with Gasteiger partial charge in [0.25, 0.3) is 5.91 Å². The van der Waals surface area contributed by atoms with Gasteiger partial charge in [0.1, 0.15) is 5.82 Å². The largest absolute Gasteiger partial charge is 0.355 e. The molecule has 1 aliphatic heterocycles. The molecule has 3 rings (SSSR count). The normalized spacial score (nSPS) is 18.3. The van der Waals surface area contributed by atoms with Crippen LogP contribution in [0.15, 0.2) is 48.5 Å². The summed E-state index contributed by atoms with van der Waals surface area (Å²) in [6.45, 7) is 3.42. The number of nitrogens with zero attached hydrogens (tertiary/aromatic N) is 1. The fourth-order valence-corrected chi connectivity index (χ4v) is 3.12. The lowest BCUT2D eigenvalue weighted by Gasteiger charge is -2.36. The van der Waals surface area contributed by atoms with Crippen LogP contribution in [0.2, 0.25) is 0 Å². The van der Waals surface area contributed by atoms with Crippen LogP contribution < -0.4 is 10.6 Å². The van der Waals surface area contributed by atoms with Gasteiger partial charge >= 0.3 is 0 Å². The standard InChI is InChI=1S/C19H22FN3O/c1-21-19(24)16-4-2-3-15(11-16)18-12-22-9-10-23(18)13-14-5-7-17(20)8-6-14/h2-8,11,18,22H,9-10,12-13H2,1H3,(H,21,24)/t18-/m0/s1. The van der Waals surface area contributed by atoms with Crippen molar-refractivity contribution < 1.29 is 9.18 Å². The highest BCUT2D eigenvalue weighted by Crippen LogP contribution is 2.25. The third-order valence-corrected chi connectivity index (χ3v) is 4.41. The van der Waals surface area contributed by atoms with Gasteiger partial charge < -0.3 is 10.6 Å². The van der Waals surface area contributed by atoms with E-state index in [4.69, 9.17) is 0 Å². The van der Waals surface area contributed by atoms with Crippen molar-refractivity contribution in [3.05, 3.63) is 71.0 Å². The number of benzene rings is 2. The molecule has 126 valence electrons. The summed E-state index contributed by atoms with van der Waals surface area (Å²) in [5, 5.41) is 6.08. The predicted molar refractivity (Wildman–Crippen MR) is 92.3 cm³/mol. The van der Waals surface area contributed by atoms with Gasteiger partial charge in [-0.1, -0.05) is 24.3 Å². The zero-order valence-corrected chi connectivity index (χ0v) is 13.8. The van der Waals surface area contributed by atoms with Gasteiger partial charge in [0.2, 0.25) is 0 Å². The molecule has 0 saturated carbocycles. The molecule has 1 heterocycles. The average Bonchev–Trinajstić information content (AvgIpc) is 2.63. The fourth-order valence-electron chi connectivity index (χ4n) is 3.12. The van der Waals surface area contributed by atoms with Crippen molar-refractivity contribution in [1.29, 1.82) is 0 Å². The maximum atomic E-state index is 13.1. The van der Waals surface area contributed by atoms with E-state index in [1.165, 1.54) is 12.1 Å². The van der Waals surface area contributed by atoms with Gasteiger partial charge in [-0.05, 0) is 35.4 Å². The Morgan fingerprint density at radius 1 is 1.29 bits per heavy atom. The molecule has 1 fully saturated rings. The number of carbonyl (C=O) groups is 1. The highest BCUT2D eigenvalue weighted by atomic mass is 19.1. The topological polar surface area (TPSA) is 44.4 Å². The number of carbonyl (C=O) groups excluding carboxylic acids is 1. The zero-order valence-electron chi connectivity index (χ0n) is 13.8. The minimum Gasteiger partial charge on any atom is -0.355 e. The summed E-state index contributed by atoms with van der Waals surface area (Å²) in [7, 11) is 1.64. The lowest BCUT2D eigenvalue weighted by molar-refractivity contribution is 0.0962. The molecule has 0 aromatic heterocycles. The van der Waals surface area contributed by atoms with Crippen LogP contribution in [0.25, 0.3) is 0 Å². The third kappa shape index (κ3) is 3.80. The Morgan fingerprint density at radius 3 is 2.83 bits per heavy atom. The molecule has 1 saturated heterocycles. The summed E-state index contributed by atoms with van der Waals surface area (Å²) < 4.78 is 13.1. The maximum Gasteiger partial charge on any atom is 0.251 e. The van der Waals surface area contributed by atoms with E-state index in [1.54, 1.807) is 7.05 Å². The molecule has 4 nitrogen and oxygen atoms in total. The number of hydrogen-bond acceptors (Lipinski definition) is 3. The molecule has 2 aromatic rings. The second-order valence-corrected chi connectivity index (χ2v) is 6.02. The van der Waals surface area contributed by atoms with Crippen molar-refractivity contribution in [3.8, 4) is 0 Å². The van der Waals surface area contributed by atoms with Gasteiger partial charge in [0.05, 0.1) is 0 Å². The number of nitrogens with one attached hydrogen (secondary N) is 2. The van der Waals surface area contributed by atoms with Crippen LogP contribution in [-0.2, 0) is 6.54 Å². The first-order valence-electron chi connectivity index (χ1n) is 8.18. The maximum absolute atomic E-state index is 13.1. The lowest BCUT2D eigenvalue weighted by Crippen LogP contribution is -2.45. The summed E-state index contributed by atoms with van der Waals surface area (Å²) in [4.78, 5) is 14.2. The molecule has 1 aliphatic rings. The number of hydrogen-bond donors (Lipinski definition) is 2.